The second-order valence-electron chi connectivity index (χ2n) is 9.51. The summed E-state index contributed by atoms with van der Waals surface area (Å²) in [5, 5.41) is 0. The van der Waals surface area contributed by atoms with Gasteiger partial charge in [-0.3, -0.25) is 0 Å². The number of ether oxygens (including phenoxy) is 3. The minimum Gasteiger partial charge on any atom is -0.379 e. The molecule has 1 spiro atoms. The number of hydrogen-bond acceptors (Lipinski definition) is 3. The van der Waals surface area contributed by atoms with Gasteiger partial charge in [0, 0.05) is 7.11 Å². The van der Waals surface area contributed by atoms with Crippen LogP contribution in [0.15, 0.2) is 0 Å². The number of methoxy groups -OCH3 is 1. The fourth-order valence-corrected chi connectivity index (χ4v) is 7.23. The Morgan fingerprint density at radius 1 is 1.05 bits per heavy atom. The quantitative estimate of drug-likeness (QED) is 0.771. The summed E-state index contributed by atoms with van der Waals surface area (Å²) in [4.78, 5) is 0. The van der Waals surface area contributed by atoms with E-state index in [9.17, 15) is 0 Å². The molecule has 3 saturated carbocycles. The van der Waals surface area contributed by atoms with Gasteiger partial charge >= 0.3 is 0 Å². The Hall–Kier alpha value is -0.120. The largest absolute Gasteiger partial charge is 0.379 e. The van der Waals surface area contributed by atoms with Crippen molar-refractivity contribution in [2.24, 2.45) is 28.6 Å². The van der Waals surface area contributed by atoms with Crippen LogP contribution in [0.2, 0.25) is 0 Å². The van der Waals surface area contributed by atoms with E-state index in [1.54, 1.807) is 7.11 Å². The third kappa shape index (κ3) is 1.63. The summed E-state index contributed by atoms with van der Waals surface area (Å²) in [6, 6.07) is 0. The smallest absolute Gasteiger partial charge is 0.190 e. The van der Waals surface area contributed by atoms with Crippen molar-refractivity contribution in [2.45, 2.75) is 77.8 Å². The predicted molar refractivity (Wildman–Crippen MR) is 85.5 cm³/mol. The molecule has 22 heavy (non-hydrogen) atoms. The minimum absolute atomic E-state index is 0.161. The average molecular weight is 308 g/mol. The van der Waals surface area contributed by atoms with Crippen molar-refractivity contribution in [2.75, 3.05) is 13.7 Å². The monoisotopic (exact) mass is 308 g/mol. The van der Waals surface area contributed by atoms with E-state index in [1.807, 2.05) is 6.92 Å². The van der Waals surface area contributed by atoms with Crippen LogP contribution < -0.4 is 0 Å². The molecule has 0 aromatic heterocycles. The molecule has 2 bridgehead atoms. The normalized spacial score (nSPS) is 58.6. The molecule has 0 N–H and O–H groups in total. The molecule has 0 amide bonds. The van der Waals surface area contributed by atoms with E-state index >= 15 is 0 Å². The van der Waals surface area contributed by atoms with Crippen molar-refractivity contribution in [3.8, 4) is 0 Å². The fourth-order valence-electron chi connectivity index (χ4n) is 7.23. The lowest BCUT2D eigenvalue weighted by Gasteiger charge is -2.47. The molecule has 1 saturated heterocycles. The van der Waals surface area contributed by atoms with E-state index in [0.717, 1.165) is 11.8 Å². The minimum atomic E-state index is -0.581. The summed E-state index contributed by atoms with van der Waals surface area (Å²) >= 11 is 0. The van der Waals surface area contributed by atoms with Gasteiger partial charge in [-0.15, -0.1) is 0 Å². The first-order valence-corrected chi connectivity index (χ1v) is 9.05. The molecule has 126 valence electrons. The van der Waals surface area contributed by atoms with Crippen LogP contribution in [0.1, 0.15) is 60.3 Å². The first-order valence-electron chi connectivity index (χ1n) is 9.05. The summed E-state index contributed by atoms with van der Waals surface area (Å²) in [7, 11) is 1.73. The van der Waals surface area contributed by atoms with Gasteiger partial charge in [0.2, 0.25) is 0 Å². The van der Waals surface area contributed by atoms with Crippen molar-refractivity contribution in [1.29, 1.82) is 0 Å². The van der Waals surface area contributed by atoms with Gasteiger partial charge in [-0.05, 0) is 68.1 Å². The molecule has 4 rings (SSSR count). The SMILES string of the molecule is COC[C@]1(C)O[C@H]2C[C@@]34C[C@@H](C(C)(C)C3CC[C@H]4C)[C@@]2(C)O1. The van der Waals surface area contributed by atoms with Crippen LogP contribution >= 0.6 is 0 Å². The van der Waals surface area contributed by atoms with Gasteiger partial charge in [-0.25, -0.2) is 0 Å². The number of hydrogen-bond donors (Lipinski definition) is 0. The van der Waals surface area contributed by atoms with Gasteiger partial charge < -0.3 is 14.2 Å². The van der Waals surface area contributed by atoms with Crippen LogP contribution in [0.5, 0.6) is 0 Å². The molecule has 1 aliphatic heterocycles. The van der Waals surface area contributed by atoms with Crippen molar-refractivity contribution in [1.82, 2.24) is 0 Å². The van der Waals surface area contributed by atoms with E-state index in [-0.39, 0.29) is 11.7 Å². The van der Waals surface area contributed by atoms with Crippen molar-refractivity contribution in [3.05, 3.63) is 0 Å². The molecule has 3 nitrogen and oxygen atoms in total. The summed E-state index contributed by atoms with van der Waals surface area (Å²) in [6.07, 6.45) is 5.50. The van der Waals surface area contributed by atoms with Crippen LogP contribution in [-0.2, 0) is 14.2 Å². The molecule has 1 heterocycles. The molecule has 4 fully saturated rings. The molecule has 0 aromatic rings. The molecule has 0 radical (unpaired) electrons. The van der Waals surface area contributed by atoms with E-state index in [2.05, 4.69) is 27.7 Å². The highest BCUT2D eigenvalue weighted by Crippen LogP contribution is 2.75. The second-order valence-corrected chi connectivity index (χ2v) is 9.51. The zero-order valence-corrected chi connectivity index (χ0v) is 15.1. The second kappa shape index (κ2) is 4.29. The van der Waals surface area contributed by atoms with Gasteiger partial charge in [-0.2, -0.15) is 0 Å². The molecule has 3 aliphatic carbocycles. The van der Waals surface area contributed by atoms with Gasteiger partial charge in [-0.1, -0.05) is 20.8 Å². The van der Waals surface area contributed by atoms with E-state index in [1.165, 1.54) is 25.7 Å². The maximum Gasteiger partial charge on any atom is 0.190 e. The average Bonchev–Trinajstić information content (AvgIpc) is 2.92. The standard InChI is InChI=1S/C19H32O3/c1-12-7-8-13-16(2,3)14-9-19(12,13)10-15-18(14,5)22-17(4,21-15)11-20-6/h12-15H,7-11H2,1-6H3/t12-,13?,14+,15+,17-,18-,19-/m1/s1. The first-order chi connectivity index (χ1) is 10.2. The van der Waals surface area contributed by atoms with Gasteiger partial charge in [0.05, 0.1) is 11.7 Å². The van der Waals surface area contributed by atoms with Crippen LogP contribution in [0.25, 0.3) is 0 Å². The summed E-state index contributed by atoms with van der Waals surface area (Å²) in [5.41, 5.74) is 0.669. The zero-order chi connectivity index (χ0) is 16.0. The highest BCUT2D eigenvalue weighted by molar-refractivity contribution is 5.21. The summed E-state index contributed by atoms with van der Waals surface area (Å²) < 4.78 is 18.4. The molecule has 1 unspecified atom stereocenters. The third-order valence-electron chi connectivity index (χ3n) is 8.07. The Morgan fingerprint density at radius 3 is 2.45 bits per heavy atom. The first kappa shape index (κ1) is 15.4. The molecular weight excluding hydrogens is 276 g/mol. The summed E-state index contributed by atoms with van der Waals surface area (Å²) in [6.45, 7) is 12.3. The Morgan fingerprint density at radius 2 is 1.77 bits per heavy atom. The third-order valence-corrected chi connectivity index (χ3v) is 8.07. The molecule has 3 heteroatoms. The Bertz CT molecular complexity index is 489. The fraction of sp³-hybridized carbons (Fsp3) is 1.00. The van der Waals surface area contributed by atoms with E-state index in [4.69, 9.17) is 14.2 Å². The van der Waals surface area contributed by atoms with E-state index < -0.39 is 5.79 Å². The van der Waals surface area contributed by atoms with E-state index in [0.29, 0.717) is 23.4 Å². The number of rotatable bonds is 2. The molecule has 7 atom stereocenters. The summed E-state index contributed by atoms with van der Waals surface area (Å²) in [5.74, 6) is 1.67. The van der Waals surface area contributed by atoms with Crippen LogP contribution in [0.3, 0.4) is 0 Å². The van der Waals surface area contributed by atoms with Crippen molar-refractivity contribution in [3.63, 3.8) is 0 Å². The Kier molecular flexibility index (Phi) is 3.00. The van der Waals surface area contributed by atoms with Crippen molar-refractivity contribution < 1.29 is 14.2 Å². The predicted octanol–water partition coefficient (Wildman–Crippen LogP) is 4.01. The van der Waals surface area contributed by atoms with Gasteiger partial charge in [0.1, 0.15) is 6.61 Å². The zero-order valence-electron chi connectivity index (χ0n) is 15.1. The van der Waals surface area contributed by atoms with Crippen molar-refractivity contribution >= 4 is 0 Å². The highest BCUT2D eigenvalue weighted by Gasteiger charge is 2.74. The number of fused-ring (bicyclic) bond motifs is 3. The lowest BCUT2D eigenvalue weighted by atomic mass is 9.63. The maximum absolute atomic E-state index is 6.60. The van der Waals surface area contributed by atoms with Crippen LogP contribution in [0.4, 0.5) is 0 Å². The van der Waals surface area contributed by atoms with Gasteiger partial charge in [0.25, 0.3) is 0 Å². The van der Waals surface area contributed by atoms with Crippen LogP contribution in [0, 0.1) is 28.6 Å². The maximum atomic E-state index is 6.60. The molecule has 4 aliphatic rings. The molecule has 0 aromatic carbocycles. The lowest BCUT2D eigenvalue weighted by molar-refractivity contribution is -0.212. The molecular formula is C19H32O3. The highest BCUT2D eigenvalue weighted by atomic mass is 16.8. The topological polar surface area (TPSA) is 27.7 Å². The van der Waals surface area contributed by atoms with Gasteiger partial charge in [0.15, 0.2) is 5.79 Å². The Labute approximate surface area is 135 Å². The van der Waals surface area contributed by atoms with Crippen LogP contribution in [-0.4, -0.2) is 31.2 Å². The lowest BCUT2D eigenvalue weighted by Crippen LogP contribution is -2.52. The Balaban J connectivity index is 1.75.